The molecule has 64 valence electrons. The SMILES string of the molecule is C#CCCC(O)CCCCN. The molecule has 0 bridgehead atoms. The van der Waals surface area contributed by atoms with Gasteiger partial charge in [-0.1, -0.05) is 0 Å². The summed E-state index contributed by atoms with van der Waals surface area (Å²) < 4.78 is 0. The Morgan fingerprint density at radius 2 is 2.09 bits per heavy atom. The van der Waals surface area contributed by atoms with Gasteiger partial charge in [0.25, 0.3) is 0 Å². The maximum atomic E-state index is 9.27. The van der Waals surface area contributed by atoms with Crippen LogP contribution in [0.25, 0.3) is 0 Å². The molecular weight excluding hydrogens is 138 g/mol. The van der Waals surface area contributed by atoms with Gasteiger partial charge in [0, 0.05) is 6.42 Å². The van der Waals surface area contributed by atoms with Crippen LogP contribution in [0, 0.1) is 12.3 Å². The molecule has 0 saturated heterocycles. The molecule has 2 nitrogen and oxygen atoms in total. The van der Waals surface area contributed by atoms with Gasteiger partial charge in [-0.15, -0.1) is 12.3 Å². The average molecular weight is 155 g/mol. The van der Waals surface area contributed by atoms with Crippen molar-refractivity contribution < 1.29 is 5.11 Å². The molecule has 0 spiro atoms. The Labute approximate surface area is 68.8 Å². The van der Waals surface area contributed by atoms with Crippen molar-refractivity contribution in [1.29, 1.82) is 0 Å². The van der Waals surface area contributed by atoms with Crippen LogP contribution in [0.15, 0.2) is 0 Å². The van der Waals surface area contributed by atoms with Crippen LogP contribution in [-0.4, -0.2) is 17.8 Å². The molecule has 0 aromatic heterocycles. The maximum Gasteiger partial charge on any atom is 0.0549 e. The fourth-order valence-electron chi connectivity index (χ4n) is 0.919. The lowest BCUT2D eigenvalue weighted by atomic mass is 10.1. The first-order chi connectivity index (χ1) is 5.31. The van der Waals surface area contributed by atoms with Crippen LogP contribution in [0.5, 0.6) is 0 Å². The van der Waals surface area contributed by atoms with Crippen LogP contribution in [-0.2, 0) is 0 Å². The van der Waals surface area contributed by atoms with E-state index in [0.717, 1.165) is 25.7 Å². The van der Waals surface area contributed by atoms with E-state index in [1.54, 1.807) is 0 Å². The Morgan fingerprint density at radius 1 is 1.36 bits per heavy atom. The Bertz CT molecular complexity index is 117. The summed E-state index contributed by atoms with van der Waals surface area (Å²) in [4.78, 5) is 0. The second-order valence-corrected chi connectivity index (χ2v) is 2.68. The summed E-state index contributed by atoms with van der Waals surface area (Å²) in [6.45, 7) is 0.710. The Balaban J connectivity index is 3.10. The molecule has 1 unspecified atom stereocenters. The number of nitrogens with two attached hydrogens (primary N) is 1. The quantitative estimate of drug-likeness (QED) is 0.442. The summed E-state index contributed by atoms with van der Waals surface area (Å²) in [6, 6.07) is 0. The third kappa shape index (κ3) is 7.38. The van der Waals surface area contributed by atoms with Gasteiger partial charge in [-0.25, -0.2) is 0 Å². The van der Waals surface area contributed by atoms with Crippen molar-refractivity contribution in [3.63, 3.8) is 0 Å². The molecule has 11 heavy (non-hydrogen) atoms. The van der Waals surface area contributed by atoms with Crippen LogP contribution < -0.4 is 5.73 Å². The van der Waals surface area contributed by atoms with Gasteiger partial charge in [-0.3, -0.25) is 0 Å². The van der Waals surface area contributed by atoms with Crippen LogP contribution in [0.2, 0.25) is 0 Å². The van der Waals surface area contributed by atoms with Crippen molar-refractivity contribution in [3.05, 3.63) is 0 Å². The highest BCUT2D eigenvalue weighted by atomic mass is 16.3. The molecule has 1 atom stereocenters. The van der Waals surface area contributed by atoms with Crippen LogP contribution in [0.1, 0.15) is 32.1 Å². The number of aliphatic hydroxyl groups excluding tert-OH is 1. The van der Waals surface area contributed by atoms with Gasteiger partial charge in [0.2, 0.25) is 0 Å². The number of hydrogen-bond donors (Lipinski definition) is 2. The zero-order valence-corrected chi connectivity index (χ0v) is 6.92. The molecule has 0 fully saturated rings. The topological polar surface area (TPSA) is 46.2 Å². The number of aliphatic hydroxyl groups is 1. The van der Waals surface area contributed by atoms with Gasteiger partial charge in [-0.2, -0.15) is 0 Å². The number of rotatable bonds is 6. The van der Waals surface area contributed by atoms with Gasteiger partial charge in [-0.05, 0) is 32.2 Å². The smallest absolute Gasteiger partial charge is 0.0549 e. The molecule has 0 radical (unpaired) electrons. The second kappa shape index (κ2) is 7.59. The van der Waals surface area contributed by atoms with E-state index >= 15 is 0 Å². The molecule has 0 rings (SSSR count). The van der Waals surface area contributed by atoms with Crippen molar-refractivity contribution in [2.45, 2.75) is 38.2 Å². The molecule has 0 saturated carbocycles. The summed E-state index contributed by atoms with van der Waals surface area (Å²) in [7, 11) is 0. The van der Waals surface area contributed by atoms with Crippen molar-refractivity contribution in [2.75, 3.05) is 6.54 Å². The lowest BCUT2D eigenvalue weighted by Crippen LogP contribution is -2.07. The summed E-state index contributed by atoms with van der Waals surface area (Å²) in [6.07, 6.45) is 9.05. The monoisotopic (exact) mass is 155 g/mol. The predicted molar refractivity (Wildman–Crippen MR) is 47.0 cm³/mol. The molecule has 0 aliphatic carbocycles. The third-order valence-corrected chi connectivity index (χ3v) is 1.61. The fourth-order valence-corrected chi connectivity index (χ4v) is 0.919. The van der Waals surface area contributed by atoms with Crippen molar-refractivity contribution >= 4 is 0 Å². The second-order valence-electron chi connectivity index (χ2n) is 2.68. The number of terminal acetylenes is 1. The average Bonchev–Trinajstić information content (AvgIpc) is 2.01. The van der Waals surface area contributed by atoms with E-state index in [0.29, 0.717) is 13.0 Å². The Kier molecular flexibility index (Phi) is 7.23. The molecule has 0 aliphatic heterocycles. The minimum Gasteiger partial charge on any atom is -0.393 e. The largest absolute Gasteiger partial charge is 0.393 e. The van der Waals surface area contributed by atoms with E-state index in [9.17, 15) is 5.11 Å². The van der Waals surface area contributed by atoms with Crippen LogP contribution in [0.3, 0.4) is 0 Å². The lowest BCUT2D eigenvalue weighted by Gasteiger charge is -2.06. The molecule has 0 aromatic rings. The molecule has 0 amide bonds. The third-order valence-electron chi connectivity index (χ3n) is 1.61. The number of unbranched alkanes of at least 4 members (excludes halogenated alkanes) is 1. The summed E-state index contributed by atoms with van der Waals surface area (Å²) in [5.74, 6) is 2.50. The van der Waals surface area contributed by atoms with E-state index < -0.39 is 0 Å². The maximum absolute atomic E-state index is 9.27. The van der Waals surface area contributed by atoms with E-state index in [4.69, 9.17) is 12.2 Å². The molecule has 0 aromatic carbocycles. The first-order valence-corrected chi connectivity index (χ1v) is 4.13. The Morgan fingerprint density at radius 3 is 2.64 bits per heavy atom. The zero-order valence-electron chi connectivity index (χ0n) is 6.92. The first kappa shape index (κ1) is 10.5. The summed E-state index contributed by atoms with van der Waals surface area (Å²) >= 11 is 0. The molecule has 0 aliphatic rings. The van der Waals surface area contributed by atoms with E-state index in [1.165, 1.54) is 0 Å². The standard InChI is InChI=1S/C9H17NO/c1-2-3-6-9(11)7-4-5-8-10/h1,9,11H,3-8,10H2. The fraction of sp³-hybridized carbons (Fsp3) is 0.778. The normalized spacial score (nSPS) is 12.5. The lowest BCUT2D eigenvalue weighted by molar-refractivity contribution is 0.153. The van der Waals surface area contributed by atoms with Gasteiger partial charge >= 0.3 is 0 Å². The first-order valence-electron chi connectivity index (χ1n) is 4.13. The highest BCUT2D eigenvalue weighted by Gasteiger charge is 2.01. The van der Waals surface area contributed by atoms with Crippen LogP contribution in [0.4, 0.5) is 0 Å². The summed E-state index contributed by atoms with van der Waals surface area (Å²) in [5.41, 5.74) is 5.30. The van der Waals surface area contributed by atoms with E-state index in [2.05, 4.69) is 5.92 Å². The van der Waals surface area contributed by atoms with E-state index in [-0.39, 0.29) is 6.10 Å². The molecule has 3 N–H and O–H groups in total. The van der Waals surface area contributed by atoms with Crippen molar-refractivity contribution in [1.82, 2.24) is 0 Å². The van der Waals surface area contributed by atoms with Gasteiger partial charge in [0.1, 0.15) is 0 Å². The minimum absolute atomic E-state index is 0.224. The van der Waals surface area contributed by atoms with E-state index in [1.807, 2.05) is 0 Å². The highest BCUT2D eigenvalue weighted by molar-refractivity contribution is 4.84. The molecular formula is C9H17NO. The van der Waals surface area contributed by atoms with Gasteiger partial charge in [0.15, 0.2) is 0 Å². The molecule has 0 heterocycles. The van der Waals surface area contributed by atoms with Gasteiger partial charge in [0.05, 0.1) is 6.10 Å². The Hall–Kier alpha value is -0.520. The molecule has 2 heteroatoms. The van der Waals surface area contributed by atoms with Crippen LogP contribution >= 0.6 is 0 Å². The highest BCUT2D eigenvalue weighted by Crippen LogP contribution is 2.05. The minimum atomic E-state index is -0.224. The predicted octanol–water partition coefficient (Wildman–Crippen LogP) is 0.890. The van der Waals surface area contributed by atoms with Gasteiger partial charge < -0.3 is 10.8 Å². The zero-order chi connectivity index (χ0) is 8.53. The number of hydrogen-bond acceptors (Lipinski definition) is 2. The van der Waals surface area contributed by atoms with Crippen molar-refractivity contribution in [2.24, 2.45) is 5.73 Å². The summed E-state index contributed by atoms with van der Waals surface area (Å²) in [5, 5.41) is 9.27. The van der Waals surface area contributed by atoms with Crippen molar-refractivity contribution in [3.8, 4) is 12.3 Å².